The average Bonchev–Trinajstić information content (AvgIpc) is 3.11. The van der Waals surface area contributed by atoms with Crippen LogP contribution in [-0.2, 0) is 0 Å². The van der Waals surface area contributed by atoms with Crippen molar-refractivity contribution in [1.29, 1.82) is 0 Å². The molecule has 0 atom stereocenters. The molecule has 0 spiro atoms. The van der Waals surface area contributed by atoms with E-state index >= 15 is 0 Å². The Labute approximate surface area is 103 Å². The minimum atomic E-state index is -0.0660. The molecule has 4 heteroatoms. The van der Waals surface area contributed by atoms with Crippen LogP contribution < -0.4 is 10.5 Å². The Hall–Kier alpha value is -0.870. The van der Waals surface area contributed by atoms with Crippen LogP contribution in [-0.4, -0.2) is 18.9 Å². The number of ether oxygens (including phenoxy) is 1. The van der Waals surface area contributed by atoms with Crippen molar-refractivity contribution < 1.29 is 9.53 Å². The highest BCUT2D eigenvalue weighted by Crippen LogP contribution is 2.32. The number of ketones is 1. The van der Waals surface area contributed by atoms with Gasteiger partial charge in [-0.25, -0.2) is 0 Å². The molecule has 1 aliphatic carbocycles. The maximum atomic E-state index is 11.4. The van der Waals surface area contributed by atoms with Gasteiger partial charge in [0.15, 0.2) is 5.78 Å². The van der Waals surface area contributed by atoms with Crippen molar-refractivity contribution in [1.82, 2.24) is 0 Å². The molecule has 16 heavy (non-hydrogen) atoms. The Morgan fingerprint density at radius 3 is 2.88 bits per heavy atom. The first-order chi connectivity index (χ1) is 7.70. The van der Waals surface area contributed by atoms with Crippen LogP contribution in [0.25, 0.3) is 0 Å². The topological polar surface area (TPSA) is 52.3 Å². The number of halogens is 1. The van der Waals surface area contributed by atoms with Crippen LogP contribution >= 0.6 is 15.9 Å². The number of carbonyl (C=O) groups is 1. The van der Waals surface area contributed by atoms with Gasteiger partial charge >= 0.3 is 0 Å². The summed E-state index contributed by atoms with van der Waals surface area (Å²) in [6.45, 7) is 0.766. The second-order valence-electron chi connectivity index (χ2n) is 4.03. The van der Waals surface area contributed by atoms with Crippen LogP contribution in [0.1, 0.15) is 23.2 Å². The highest BCUT2D eigenvalue weighted by Gasteiger charge is 2.22. The van der Waals surface area contributed by atoms with E-state index in [4.69, 9.17) is 10.5 Å². The largest absolute Gasteiger partial charge is 0.492 e. The lowest BCUT2D eigenvalue weighted by Crippen LogP contribution is -2.13. The molecule has 1 aromatic rings. The Kier molecular flexibility index (Phi) is 3.61. The van der Waals surface area contributed by atoms with Gasteiger partial charge in [-0.2, -0.15) is 0 Å². The fourth-order valence-electron chi connectivity index (χ4n) is 1.40. The van der Waals surface area contributed by atoms with Gasteiger partial charge in [0.25, 0.3) is 0 Å². The van der Waals surface area contributed by atoms with Gasteiger partial charge in [-0.3, -0.25) is 4.79 Å². The molecule has 86 valence electrons. The highest BCUT2D eigenvalue weighted by atomic mass is 79.9. The van der Waals surface area contributed by atoms with Gasteiger partial charge in [0.05, 0.1) is 17.6 Å². The molecule has 3 nitrogen and oxygen atoms in total. The lowest BCUT2D eigenvalue weighted by molar-refractivity contribution is 0.100. The van der Waals surface area contributed by atoms with Crippen LogP contribution in [0.5, 0.6) is 5.75 Å². The van der Waals surface area contributed by atoms with Crippen molar-refractivity contribution in [2.75, 3.05) is 13.2 Å². The normalized spacial score (nSPS) is 14.9. The maximum Gasteiger partial charge on any atom is 0.176 e. The summed E-state index contributed by atoms with van der Waals surface area (Å²) in [6.07, 6.45) is 2.50. The average molecular weight is 284 g/mol. The summed E-state index contributed by atoms with van der Waals surface area (Å²) >= 11 is 3.40. The van der Waals surface area contributed by atoms with Gasteiger partial charge < -0.3 is 10.5 Å². The van der Waals surface area contributed by atoms with Crippen LogP contribution in [0.4, 0.5) is 0 Å². The molecule has 0 heterocycles. The minimum absolute atomic E-state index is 0.0314. The van der Waals surface area contributed by atoms with E-state index in [1.807, 2.05) is 6.07 Å². The highest BCUT2D eigenvalue weighted by molar-refractivity contribution is 9.10. The summed E-state index contributed by atoms with van der Waals surface area (Å²) in [4.78, 5) is 11.4. The van der Waals surface area contributed by atoms with E-state index in [0.717, 1.165) is 16.8 Å². The van der Waals surface area contributed by atoms with Gasteiger partial charge in [0.1, 0.15) is 5.75 Å². The minimum Gasteiger partial charge on any atom is -0.492 e. The second-order valence-corrected chi connectivity index (χ2v) is 4.88. The Balaban J connectivity index is 2.11. The summed E-state index contributed by atoms with van der Waals surface area (Å²) in [5.74, 6) is 1.36. The van der Waals surface area contributed by atoms with Crippen molar-refractivity contribution in [3.63, 3.8) is 0 Å². The van der Waals surface area contributed by atoms with Gasteiger partial charge in [-0.15, -0.1) is 0 Å². The molecule has 1 fully saturated rings. The van der Waals surface area contributed by atoms with Gasteiger partial charge in [0.2, 0.25) is 0 Å². The van der Waals surface area contributed by atoms with E-state index in [1.54, 1.807) is 12.1 Å². The Morgan fingerprint density at radius 1 is 1.50 bits per heavy atom. The first-order valence-corrected chi connectivity index (χ1v) is 6.15. The molecule has 0 radical (unpaired) electrons. The summed E-state index contributed by atoms with van der Waals surface area (Å²) in [7, 11) is 0. The van der Waals surface area contributed by atoms with E-state index in [2.05, 4.69) is 15.9 Å². The molecule has 0 aromatic heterocycles. The lowest BCUT2D eigenvalue weighted by Gasteiger charge is -2.08. The molecule has 1 aliphatic rings. The zero-order chi connectivity index (χ0) is 11.5. The monoisotopic (exact) mass is 283 g/mol. The van der Waals surface area contributed by atoms with Crippen molar-refractivity contribution in [3.05, 3.63) is 28.2 Å². The SMILES string of the molecule is NCC(=O)c1ccc(Br)c(OCC2CC2)c1. The molecule has 2 rings (SSSR count). The van der Waals surface area contributed by atoms with Crippen LogP contribution in [0, 0.1) is 5.92 Å². The third kappa shape index (κ3) is 2.83. The zero-order valence-corrected chi connectivity index (χ0v) is 10.5. The first-order valence-electron chi connectivity index (χ1n) is 5.36. The number of nitrogens with two attached hydrogens (primary N) is 1. The zero-order valence-electron chi connectivity index (χ0n) is 8.91. The van der Waals surface area contributed by atoms with Crippen LogP contribution in [0.3, 0.4) is 0 Å². The lowest BCUT2D eigenvalue weighted by atomic mass is 10.1. The van der Waals surface area contributed by atoms with E-state index in [9.17, 15) is 4.79 Å². The summed E-state index contributed by atoms with van der Waals surface area (Å²) in [6, 6.07) is 5.33. The molecule has 1 saturated carbocycles. The number of benzene rings is 1. The Morgan fingerprint density at radius 2 is 2.25 bits per heavy atom. The predicted molar refractivity (Wildman–Crippen MR) is 65.7 cm³/mol. The van der Waals surface area contributed by atoms with Gasteiger partial charge in [-0.1, -0.05) is 0 Å². The number of hydrogen-bond acceptors (Lipinski definition) is 3. The molecule has 0 aliphatic heterocycles. The van der Waals surface area contributed by atoms with E-state index < -0.39 is 0 Å². The van der Waals surface area contributed by atoms with Gasteiger partial charge in [-0.05, 0) is 52.9 Å². The number of hydrogen-bond donors (Lipinski definition) is 1. The van der Waals surface area contributed by atoms with E-state index in [0.29, 0.717) is 11.5 Å². The van der Waals surface area contributed by atoms with Gasteiger partial charge in [0, 0.05) is 5.56 Å². The van der Waals surface area contributed by atoms with Crippen LogP contribution in [0.15, 0.2) is 22.7 Å². The van der Waals surface area contributed by atoms with Crippen molar-refractivity contribution in [2.24, 2.45) is 11.7 Å². The molecule has 0 saturated heterocycles. The first kappa shape index (κ1) is 11.6. The van der Waals surface area contributed by atoms with E-state index in [1.165, 1.54) is 12.8 Å². The third-order valence-corrected chi connectivity index (χ3v) is 3.27. The number of Topliss-reactive ketones (excluding diaryl/α,β-unsaturated/α-hetero) is 1. The molecule has 0 bridgehead atoms. The Bertz CT molecular complexity index is 402. The summed E-state index contributed by atoms with van der Waals surface area (Å²) in [5.41, 5.74) is 5.93. The number of rotatable bonds is 5. The molecule has 0 amide bonds. The third-order valence-electron chi connectivity index (χ3n) is 2.61. The van der Waals surface area contributed by atoms with Crippen molar-refractivity contribution in [2.45, 2.75) is 12.8 Å². The summed E-state index contributed by atoms with van der Waals surface area (Å²) < 4.78 is 6.53. The smallest absolute Gasteiger partial charge is 0.176 e. The van der Waals surface area contributed by atoms with Crippen molar-refractivity contribution in [3.8, 4) is 5.75 Å². The molecular formula is C12H14BrNO2. The van der Waals surface area contributed by atoms with Crippen molar-refractivity contribution >= 4 is 21.7 Å². The molecular weight excluding hydrogens is 270 g/mol. The number of carbonyl (C=O) groups excluding carboxylic acids is 1. The quantitative estimate of drug-likeness (QED) is 0.845. The predicted octanol–water partition coefficient (Wildman–Crippen LogP) is 2.38. The summed E-state index contributed by atoms with van der Waals surface area (Å²) in [5, 5.41) is 0. The second kappa shape index (κ2) is 4.97. The van der Waals surface area contributed by atoms with E-state index in [-0.39, 0.29) is 12.3 Å². The maximum absolute atomic E-state index is 11.4. The molecule has 0 unspecified atom stereocenters. The van der Waals surface area contributed by atoms with Crippen LogP contribution in [0.2, 0.25) is 0 Å². The molecule has 2 N–H and O–H groups in total. The fourth-order valence-corrected chi connectivity index (χ4v) is 1.76. The standard InChI is InChI=1S/C12H14BrNO2/c13-10-4-3-9(11(15)6-14)5-12(10)16-7-8-1-2-8/h3-5,8H,1-2,6-7,14H2. The molecule has 1 aromatic carbocycles. The fraction of sp³-hybridized carbons (Fsp3) is 0.417.